The van der Waals surface area contributed by atoms with Crippen molar-refractivity contribution in [2.45, 2.75) is 44.1 Å². The van der Waals surface area contributed by atoms with Crippen LogP contribution in [0.4, 0.5) is 20.3 Å². The van der Waals surface area contributed by atoms with Crippen molar-refractivity contribution in [3.8, 4) is 0 Å². The summed E-state index contributed by atoms with van der Waals surface area (Å²) in [5, 5.41) is 23.9. The standard InChI is InChI=1S/C28H28ClF2N3O4.ClH/c1-26(2,30)20-7-5-4-6-19(20)24(36)33-23-11-8-17(15-32-23)25(37)34-13-12-27(3,31)28(38,16-35)21-14-18(29)9-10-22(21)34;/h4-11,14-15,35,38H,12-13,16H2,1-3H3,(H,32,33,36);1H/t27?,28-;/m0./s1. The molecule has 0 radical (unpaired) electrons. The van der Waals surface area contributed by atoms with Gasteiger partial charge in [0.15, 0.2) is 0 Å². The van der Waals surface area contributed by atoms with Crippen LogP contribution in [0.15, 0.2) is 60.8 Å². The van der Waals surface area contributed by atoms with Crippen LogP contribution in [0.2, 0.25) is 5.02 Å². The van der Waals surface area contributed by atoms with Crippen LogP contribution < -0.4 is 10.2 Å². The Morgan fingerprint density at radius 2 is 1.87 bits per heavy atom. The summed E-state index contributed by atoms with van der Waals surface area (Å²) in [5.41, 5.74) is -5.53. The van der Waals surface area contributed by atoms with Gasteiger partial charge in [-0.25, -0.2) is 13.8 Å². The van der Waals surface area contributed by atoms with E-state index in [0.717, 1.165) is 0 Å². The number of aliphatic hydroxyl groups excluding tert-OH is 1. The number of halogens is 4. The van der Waals surface area contributed by atoms with Gasteiger partial charge in [0, 0.05) is 40.9 Å². The number of aromatic nitrogens is 1. The van der Waals surface area contributed by atoms with Gasteiger partial charge in [-0.1, -0.05) is 29.8 Å². The van der Waals surface area contributed by atoms with Gasteiger partial charge in [0.1, 0.15) is 22.8 Å². The number of fused-ring (bicyclic) bond motifs is 1. The van der Waals surface area contributed by atoms with Crippen LogP contribution >= 0.6 is 24.0 Å². The van der Waals surface area contributed by atoms with Gasteiger partial charge >= 0.3 is 0 Å². The molecule has 0 aliphatic carbocycles. The van der Waals surface area contributed by atoms with E-state index in [1.807, 2.05) is 0 Å². The van der Waals surface area contributed by atoms with Gasteiger partial charge in [-0.3, -0.25) is 9.59 Å². The maximum Gasteiger partial charge on any atom is 0.259 e. The molecule has 2 atom stereocenters. The van der Waals surface area contributed by atoms with Crippen molar-refractivity contribution < 1.29 is 28.6 Å². The lowest BCUT2D eigenvalue weighted by Gasteiger charge is -2.37. The van der Waals surface area contributed by atoms with Gasteiger partial charge in [-0.15, -0.1) is 12.4 Å². The number of amides is 2. The van der Waals surface area contributed by atoms with Crippen molar-refractivity contribution in [1.82, 2.24) is 4.98 Å². The Kier molecular flexibility index (Phi) is 8.72. The number of benzene rings is 2. The first kappa shape index (κ1) is 30.4. The van der Waals surface area contributed by atoms with Crippen LogP contribution in [0.5, 0.6) is 0 Å². The van der Waals surface area contributed by atoms with E-state index >= 15 is 4.39 Å². The predicted octanol–water partition coefficient (Wildman–Crippen LogP) is 5.57. The molecule has 39 heavy (non-hydrogen) atoms. The first-order valence-corrected chi connectivity index (χ1v) is 12.4. The average molecular weight is 580 g/mol. The molecular weight excluding hydrogens is 551 g/mol. The van der Waals surface area contributed by atoms with Crippen LogP contribution in [-0.4, -0.2) is 45.8 Å². The Labute approximate surface area is 236 Å². The molecule has 0 spiro atoms. The lowest BCUT2D eigenvalue weighted by molar-refractivity contribution is -0.130. The molecule has 4 rings (SSSR count). The van der Waals surface area contributed by atoms with E-state index in [2.05, 4.69) is 10.3 Å². The number of aliphatic hydroxyl groups is 2. The van der Waals surface area contributed by atoms with Crippen LogP contribution in [-0.2, 0) is 11.3 Å². The maximum absolute atomic E-state index is 15.6. The molecule has 0 fully saturated rings. The molecule has 0 saturated heterocycles. The van der Waals surface area contributed by atoms with Crippen molar-refractivity contribution in [2.75, 3.05) is 23.4 Å². The zero-order valence-corrected chi connectivity index (χ0v) is 23.1. The van der Waals surface area contributed by atoms with Crippen molar-refractivity contribution in [3.05, 3.63) is 88.1 Å². The summed E-state index contributed by atoms with van der Waals surface area (Å²) < 4.78 is 30.2. The highest BCUT2D eigenvalue weighted by Crippen LogP contribution is 2.46. The summed E-state index contributed by atoms with van der Waals surface area (Å²) in [6.45, 7) is 2.90. The molecule has 1 aliphatic heterocycles. The van der Waals surface area contributed by atoms with E-state index in [1.54, 1.807) is 12.1 Å². The topological polar surface area (TPSA) is 103 Å². The highest BCUT2D eigenvalue weighted by atomic mass is 35.5. The molecule has 2 aromatic carbocycles. The Morgan fingerprint density at radius 1 is 1.18 bits per heavy atom. The minimum absolute atomic E-state index is 0. The lowest BCUT2D eigenvalue weighted by Crippen LogP contribution is -2.49. The zero-order chi connectivity index (χ0) is 27.9. The number of carbonyl (C=O) groups is 2. The van der Waals surface area contributed by atoms with E-state index in [1.165, 1.54) is 74.3 Å². The molecule has 3 N–H and O–H groups in total. The van der Waals surface area contributed by atoms with Crippen molar-refractivity contribution in [3.63, 3.8) is 0 Å². The van der Waals surface area contributed by atoms with Gasteiger partial charge in [0.05, 0.1) is 17.9 Å². The Hall–Kier alpha value is -3.11. The lowest BCUT2D eigenvalue weighted by atomic mass is 9.79. The molecule has 3 aromatic rings. The molecule has 1 unspecified atom stereocenters. The van der Waals surface area contributed by atoms with Crippen LogP contribution in [0.25, 0.3) is 0 Å². The molecule has 0 saturated carbocycles. The first-order valence-electron chi connectivity index (χ1n) is 12.0. The highest BCUT2D eigenvalue weighted by Gasteiger charge is 2.52. The molecule has 7 nitrogen and oxygen atoms in total. The van der Waals surface area contributed by atoms with Crippen LogP contribution in [0, 0.1) is 0 Å². The summed E-state index contributed by atoms with van der Waals surface area (Å²) in [6.07, 6.45) is 1.00. The number of pyridine rings is 1. The monoisotopic (exact) mass is 579 g/mol. The Morgan fingerprint density at radius 3 is 2.49 bits per heavy atom. The minimum Gasteiger partial charge on any atom is -0.393 e. The summed E-state index contributed by atoms with van der Waals surface area (Å²) in [5.74, 6) is -0.935. The number of carbonyl (C=O) groups excluding carboxylic acids is 2. The third-order valence-electron chi connectivity index (χ3n) is 6.90. The second kappa shape index (κ2) is 11.2. The first-order chi connectivity index (χ1) is 17.8. The SMILES string of the molecule is CC(C)(F)c1ccccc1C(=O)Nc1ccc(C(=O)N2CCC(C)(F)[C@](O)(CO)c3cc(Cl)ccc32)cn1.Cl. The van der Waals surface area contributed by atoms with Gasteiger partial charge in [-0.2, -0.15) is 0 Å². The largest absolute Gasteiger partial charge is 0.393 e. The Bertz CT molecular complexity index is 1380. The van der Waals surface area contributed by atoms with Crippen LogP contribution in [0.1, 0.15) is 59.0 Å². The van der Waals surface area contributed by atoms with Gasteiger partial charge in [0.2, 0.25) is 0 Å². The number of hydrogen-bond donors (Lipinski definition) is 3. The second-order valence-electron chi connectivity index (χ2n) is 9.99. The van der Waals surface area contributed by atoms with Crippen molar-refractivity contribution in [1.29, 1.82) is 0 Å². The summed E-state index contributed by atoms with van der Waals surface area (Å²) in [6, 6.07) is 13.5. The van der Waals surface area contributed by atoms with Crippen LogP contribution in [0.3, 0.4) is 0 Å². The van der Waals surface area contributed by atoms with E-state index in [0.29, 0.717) is 0 Å². The highest BCUT2D eigenvalue weighted by molar-refractivity contribution is 6.30. The number of hydrogen-bond acceptors (Lipinski definition) is 5. The van der Waals surface area contributed by atoms with Crippen molar-refractivity contribution in [2.24, 2.45) is 0 Å². The maximum atomic E-state index is 15.6. The number of nitrogens with zero attached hydrogens (tertiary/aromatic N) is 2. The normalized spacial score (nSPS) is 20.9. The molecular formula is C28H29Cl2F2N3O4. The molecule has 208 valence electrons. The van der Waals surface area contributed by atoms with E-state index < -0.39 is 35.4 Å². The summed E-state index contributed by atoms with van der Waals surface area (Å²) in [4.78, 5) is 31.8. The van der Waals surface area contributed by atoms with Gasteiger partial charge in [0.25, 0.3) is 11.8 Å². The molecule has 11 heteroatoms. The fourth-order valence-corrected chi connectivity index (χ4v) is 4.77. The number of alkyl halides is 2. The third kappa shape index (κ3) is 5.77. The number of nitrogens with one attached hydrogen (secondary N) is 1. The Balaban J connectivity index is 0.00000420. The smallest absolute Gasteiger partial charge is 0.259 e. The minimum atomic E-state index is -2.28. The van der Waals surface area contributed by atoms with E-state index in [4.69, 9.17) is 11.6 Å². The molecule has 2 heterocycles. The molecule has 2 amide bonds. The quantitative estimate of drug-likeness (QED) is 0.366. The number of anilines is 2. The molecule has 1 aromatic heterocycles. The second-order valence-corrected chi connectivity index (χ2v) is 10.4. The predicted molar refractivity (Wildman–Crippen MR) is 148 cm³/mol. The van der Waals surface area contributed by atoms with E-state index in [-0.39, 0.29) is 64.2 Å². The fraction of sp³-hybridized carbons (Fsp3) is 0.321. The van der Waals surface area contributed by atoms with E-state index in [9.17, 15) is 24.2 Å². The third-order valence-corrected chi connectivity index (χ3v) is 7.14. The average Bonchev–Trinajstić information content (AvgIpc) is 2.96. The van der Waals surface area contributed by atoms with Crippen molar-refractivity contribution >= 4 is 47.3 Å². The van der Waals surface area contributed by atoms with Gasteiger partial charge < -0.3 is 20.4 Å². The zero-order valence-electron chi connectivity index (χ0n) is 21.5. The summed E-state index contributed by atoms with van der Waals surface area (Å²) >= 11 is 6.11. The van der Waals surface area contributed by atoms with Gasteiger partial charge in [-0.05, 0) is 57.2 Å². The molecule has 1 aliphatic rings. The number of rotatable bonds is 5. The fourth-order valence-electron chi connectivity index (χ4n) is 4.60. The summed E-state index contributed by atoms with van der Waals surface area (Å²) in [7, 11) is 0. The molecule has 0 bridgehead atoms.